The van der Waals surface area contributed by atoms with E-state index in [2.05, 4.69) is 0 Å². The first-order valence-electron chi connectivity index (χ1n) is 8.40. The van der Waals surface area contributed by atoms with Gasteiger partial charge in [0.1, 0.15) is 0 Å². The Bertz CT molecular complexity index is 928. The number of carbonyl (C=O) groups excluding carboxylic acids is 1. The third kappa shape index (κ3) is 5.42. The highest BCUT2D eigenvalue weighted by Gasteiger charge is 2.32. The van der Waals surface area contributed by atoms with Crippen molar-refractivity contribution >= 4 is 15.6 Å². The molecule has 0 unspecified atom stereocenters. The van der Waals surface area contributed by atoms with E-state index in [0.29, 0.717) is 16.7 Å². The van der Waals surface area contributed by atoms with Crippen LogP contribution in [0.2, 0.25) is 0 Å². The van der Waals surface area contributed by atoms with Gasteiger partial charge in [0.15, 0.2) is 15.6 Å². The van der Waals surface area contributed by atoms with Gasteiger partial charge in [-0.05, 0) is 43.5 Å². The summed E-state index contributed by atoms with van der Waals surface area (Å²) in [5.41, 5.74) is 0.831. The zero-order chi connectivity index (χ0) is 20.4. The molecule has 0 amide bonds. The van der Waals surface area contributed by atoms with E-state index in [1.807, 2.05) is 0 Å². The lowest BCUT2D eigenvalue weighted by atomic mass is 9.98. The molecule has 0 aliphatic carbocycles. The predicted molar refractivity (Wildman–Crippen MR) is 98.4 cm³/mol. The molecule has 0 aromatic heterocycles. The monoisotopic (exact) mass is 398 g/mol. The second kappa shape index (κ2) is 7.84. The van der Waals surface area contributed by atoms with Crippen LogP contribution in [0.25, 0.3) is 0 Å². The Balaban J connectivity index is 2.12. The van der Waals surface area contributed by atoms with Crippen LogP contribution in [0, 0.1) is 6.92 Å². The molecule has 0 heterocycles. The van der Waals surface area contributed by atoms with Gasteiger partial charge >= 0.3 is 6.18 Å². The Labute approximate surface area is 157 Å². The van der Waals surface area contributed by atoms with Crippen molar-refractivity contribution < 1.29 is 26.4 Å². The maximum atomic E-state index is 12.8. The summed E-state index contributed by atoms with van der Waals surface area (Å²) in [6.07, 6.45) is -4.44. The molecule has 2 aromatic carbocycles. The Morgan fingerprint density at radius 1 is 1.00 bits per heavy atom. The van der Waals surface area contributed by atoms with Crippen molar-refractivity contribution in [2.75, 3.05) is 0 Å². The van der Waals surface area contributed by atoms with Crippen molar-refractivity contribution in [2.45, 2.75) is 44.4 Å². The fraction of sp³-hybridized carbons (Fsp3) is 0.350. The standard InChI is InChI=1S/C20H21F3O3S/c1-13(2)27(25,26)12-15-4-7-17(8-5-15)19(24)11-16-6-9-18(14(3)10-16)20(21,22)23/h4-10,13H,11-12H2,1-3H3. The number of rotatable bonds is 6. The van der Waals surface area contributed by atoms with E-state index in [-0.39, 0.29) is 23.5 Å². The average Bonchev–Trinajstić information content (AvgIpc) is 2.53. The first-order valence-corrected chi connectivity index (χ1v) is 10.1. The molecule has 0 saturated carbocycles. The lowest BCUT2D eigenvalue weighted by Crippen LogP contribution is -2.16. The number of benzene rings is 2. The minimum absolute atomic E-state index is 0.0252. The van der Waals surface area contributed by atoms with Crippen molar-refractivity contribution in [1.82, 2.24) is 0 Å². The van der Waals surface area contributed by atoms with Gasteiger partial charge in [-0.25, -0.2) is 8.42 Å². The van der Waals surface area contributed by atoms with Gasteiger partial charge in [0.25, 0.3) is 0 Å². The van der Waals surface area contributed by atoms with Crippen LogP contribution in [0.4, 0.5) is 13.2 Å². The molecule has 3 nitrogen and oxygen atoms in total. The fourth-order valence-electron chi connectivity index (χ4n) is 2.63. The van der Waals surface area contributed by atoms with Crippen molar-refractivity contribution in [2.24, 2.45) is 0 Å². The molecule has 27 heavy (non-hydrogen) atoms. The fourth-order valence-corrected chi connectivity index (χ4v) is 3.62. The van der Waals surface area contributed by atoms with E-state index in [9.17, 15) is 26.4 Å². The van der Waals surface area contributed by atoms with Crippen LogP contribution in [-0.4, -0.2) is 19.5 Å². The van der Waals surface area contributed by atoms with Crippen molar-refractivity contribution in [3.8, 4) is 0 Å². The number of ketones is 1. The molecule has 0 aliphatic rings. The molecule has 146 valence electrons. The van der Waals surface area contributed by atoms with E-state index < -0.39 is 26.8 Å². The van der Waals surface area contributed by atoms with Gasteiger partial charge in [0, 0.05) is 12.0 Å². The third-order valence-electron chi connectivity index (χ3n) is 4.32. The normalized spacial score (nSPS) is 12.4. The Morgan fingerprint density at radius 3 is 2.04 bits per heavy atom. The van der Waals surface area contributed by atoms with Gasteiger partial charge in [-0.2, -0.15) is 13.2 Å². The summed E-state index contributed by atoms with van der Waals surface area (Å²) in [5.74, 6) is -0.343. The highest BCUT2D eigenvalue weighted by Crippen LogP contribution is 2.32. The van der Waals surface area contributed by atoms with Crippen LogP contribution in [0.15, 0.2) is 42.5 Å². The Hall–Kier alpha value is -2.15. The molecule has 0 atom stereocenters. The van der Waals surface area contributed by atoms with E-state index in [1.165, 1.54) is 19.1 Å². The third-order valence-corrected chi connectivity index (χ3v) is 6.50. The number of halogens is 3. The second-order valence-corrected chi connectivity index (χ2v) is 9.36. The Morgan fingerprint density at radius 2 is 1.56 bits per heavy atom. The molecule has 2 aromatic rings. The molecule has 2 rings (SSSR count). The lowest BCUT2D eigenvalue weighted by Gasteiger charge is -2.11. The number of aryl methyl sites for hydroxylation is 1. The van der Waals surface area contributed by atoms with E-state index in [0.717, 1.165) is 6.07 Å². The minimum atomic E-state index is -4.42. The van der Waals surface area contributed by atoms with E-state index in [4.69, 9.17) is 0 Å². The van der Waals surface area contributed by atoms with Crippen LogP contribution >= 0.6 is 0 Å². The smallest absolute Gasteiger partial charge is 0.294 e. The van der Waals surface area contributed by atoms with Crippen molar-refractivity contribution in [3.63, 3.8) is 0 Å². The maximum absolute atomic E-state index is 12.8. The molecule has 0 bridgehead atoms. The van der Waals surface area contributed by atoms with Gasteiger partial charge in [0.05, 0.1) is 16.6 Å². The lowest BCUT2D eigenvalue weighted by molar-refractivity contribution is -0.138. The van der Waals surface area contributed by atoms with Gasteiger partial charge < -0.3 is 0 Å². The second-order valence-electron chi connectivity index (χ2n) is 6.80. The molecule has 0 radical (unpaired) electrons. The SMILES string of the molecule is Cc1cc(CC(=O)c2ccc(CS(=O)(=O)C(C)C)cc2)ccc1C(F)(F)F. The van der Waals surface area contributed by atoms with Crippen LogP contribution in [0.5, 0.6) is 0 Å². The molecular weight excluding hydrogens is 377 g/mol. The highest BCUT2D eigenvalue weighted by atomic mass is 32.2. The molecule has 0 aliphatic heterocycles. The highest BCUT2D eigenvalue weighted by molar-refractivity contribution is 7.91. The van der Waals surface area contributed by atoms with Crippen molar-refractivity contribution in [1.29, 1.82) is 0 Å². The number of Topliss-reactive ketones (excluding diaryl/α,β-unsaturated/α-hetero) is 1. The molecule has 7 heteroatoms. The summed E-state index contributed by atoms with van der Waals surface area (Å²) in [7, 11) is -3.23. The predicted octanol–water partition coefficient (Wildman–Crippen LogP) is 4.76. The number of alkyl halides is 3. The van der Waals surface area contributed by atoms with Crippen LogP contribution < -0.4 is 0 Å². The van der Waals surface area contributed by atoms with Crippen molar-refractivity contribution in [3.05, 3.63) is 70.3 Å². The van der Waals surface area contributed by atoms with Crippen LogP contribution in [0.3, 0.4) is 0 Å². The summed E-state index contributed by atoms with van der Waals surface area (Å²) in [6, 6.07) is 9.92. The van der Waals surface area contributed by atoms with E-state index in [1.54, 1.807) is 38.1 Å². The number of hydrogen-bond donors (Lipinski definition) is 0. The average molecular weight is 398 g/mol. The largest absolute Gasteiger partial charge is 0.416 e. The summed E-state index contributed by atoms with van der Waals surface area (Å²) >= 11 is 0. The van der Waals surface area contributed by atoms with Crippen LogP contribution in [0.1, 0.15) is 46.5 Å². The first-order chi connectivity index (χ1) is 12.4. The summed E-state index contributed by atoms with van der Waals surface area (Å²) in [6.45, 7) is 4.58. The summed E-state index contributed by atoms with van der Waals surface area (Å²) < 4.78 is 62.3. The zero-order valence-corrected chi connectivity index (χ0v) is 16.1. The van der Waals surface area contributed by atoms with Gasteiger partial charge in [0.2, 0.25) is 0 Å². The molecule has 0 spiro atoms. The van der Waals surface area contributed by atoms with Crippen LogP contribution in [-0.2, 0) is 28.2 Å². The summed E-state index contributed by atoms with van der Waals surface area (Å²) in [5, 5.41) is -0.485. The first kappa shape index (κ1) is 21.2. The topological polar surface area (TPSA) is 51.2 Å². The Kier molecular flexibility index (Phi) is 6.14. The number of sulfone groups is 1. The van der Waals surface area contributed by atoms with Gasteiger partial charge in [-0.3, -0.25) is 4.79 Å². The number of hydrogen-bond acceptors (Lipinski definition) is 3. The minimum Gasteiger partial charge on any atom is -0.294 e. The zero-order valence-electron chi connectivity index (χ0n) is 15.3. The molecule has 0 saturated heterocycles. The van der Waals surface area contributed by atoms with Gasteiger partial charge in [-0.15, -0.1) is 0 Å². The molecular formula is C20H21F3O3S. The molecule has 0 fully saturated rings. The quantitative estimate of drug-likeness (QED) is 0.659. The van der Waals surface area contributed by atoms with E-state index >= 15 is 0 Å². The molecule has 0 N–H and O–H groups in total. The summed E-state index contributed by atoms with van der Waals surface area (Å²) in [4.78, 5) is 12.4. The maximum Gasteiger partial charge on any atom is 0.416 e. The number of carbonyl (C=O) groups is 1. The van der Waals surface area contributed by atoms with Gasteiger partial charge in [-0.1, -0.05) is 36.4 Å².